The van der Waals surface area contributed by atoms with Crippen molar-refractivity contribution in [2.75, 3.05) is 13.7 Å². The first kappa shape index (κ1) is 14.3. The highest BCUT2D eigenvalue weighted by molar-refractivity contribution is 5.32. The quantitative estimate of drug-likeness (QED) is 0.879. The smallest absolute Gasteiger partial charge is 0.213 e. The van der Waals surface area contributed by atoms with Crippen molar-refractivity contribution < 1.29 is 14.6 Å². The number of aliphatic hydroxyl groups excluding tert-OH is 1. The van der Waals surface area contributed by atoms with Crippen LogP contribution >= 0.6 is 0 Å². The molecule has 0 aliphatic rings. The van der Waals surface area contributed by atoms with Gasteiger partial charge in [0.1, 0.15) is 11.9 Å². The van der Waals surface area contributed by atoms with Gasteiger partial charge in [0, 0.05) is 6.07 Å². The van der Waals surface area contributed by atoms with E-state index >= 15 is 0 Å². The molecule has 0 saturated heterocycles. The maximum Gasteiger partial charge on any atom is 0.213 e. The summed E-state index contributed by atoms with van der Waals surface area (Å²) in [4.78, 5) is 4.24. The van der Waals surface area contributed by atoms with Crippen LogP contribution in [0.5, 0.6) is 11.6 Å². The molecule has 0 spiro atoms. The van der Waals surface area contributed by atoms with E-state index in [1.807, 2.05) is 30.3 Å². The third-order valence-electron chi connectivity index (χ3n) is 2.90. The van der Waals surface area contributed by atoms with Crippen LogP contribution in [0.4, 0.5) is 0 Å². The molecule has 1 aromatic carbocycles. The number of hydrogen-bond acceptors (Lipinski definition) is 4. The monoisotopic (exact) mass is 273 g/mol. The topological polar surface area (TPSA) is 51.6 Å². The van der Waals surface area contributed by atoms with Crippen molar-refractivity contribution in [3.63, 3.8) is 0 Å². The Kier molecular flexibility index (Phi) is 4.96. The van der Waals surface area contributed by atoms with Gasteiger partial charge in [0.2, 0.25) is 5.88 Å². The highest BCUT2D eigenvalue weighted by Crippen LogP contribution is 2.24. The molecule has 4 nitrogen and oxygen atoms in total. The third kappa shape index (κ3) is 3.48. The molecule has 1 heterocycles. The fraction of sp³-hybridized carbons (Fsp3) is 0.312. The minimum Gasteiger partial charge on any atom is -0.494 e. The molecule has 2 rings (SSSR count). The number of rotatable bonds is 6. The number of pyridine rings is 1. The number of benzene rings is 1. The van der Waals surface area contributed by atoms with Crippen LogP contribution in [0.15, 0.2) is 42.5 Å². The van der Waals surface area contributed by atoms with Gasteiger partial charge < -0.3 is 14.6 Å². The van der Waals surface area contributed by atoms with E-state index in [0.717, 1.165) is 17.7 Å². The predicted octanol–water partition coefficient (Wildman–Crippen LogP) is 2.96. The first-order valence-corrected chi connectivity index (χ1v) is 6.66. The molecule has 0 aliphatic heterocycles. The van der Waals surface area contributed by atoms with Gasteiger partial charge in [-0.05, 0) is 30.2 Å². The minimum absolute atomic E-state index is 0.490. The Labute approximate surface area is 119 Å². The van der Waals surface area contributed by atoms with Crippen LogP contribution in [-0.4, -0.2) is 23.8 Å². The summed E-state index contributed by atoms with van der Waals surface area (Å²) in [7, 11) is 1.55. The van der Waals surface area contributed by atoms with Gasteiger partial charge in [-0.2, -0.15) is 0 Å². The molecule has 0 bridgehead atoms. The maximum absolute atomic E-state index is 10.3. The van der Waals surface area contributed by atoms with Crippen molar-refractivity contribution in [1.29, 1.82) is 0 Å². The molecule has 0 fully saturated rings. The van der Waals surface area contributed by atoms with E-state index in [0.29, 0.717) is 18.2 Å². The van der Waals surface area contributed by atoms with E-state index in [4.69, 9.17) is 9.47 Å². The van der Waals surface area contributed by atoms with Gasteiger partial charge in [0.25, 0.3) is 0 Å². The number of ether oxygens (including phenoxy) is 2. The number of aromatic nitrogens is 1. The highest BCUT2D eigenvalue weighted by Gasteiger charge is 2.12. The molecule has 2 aromatic rings. The van der Waals surface area contributed by atoms with E-state index in [1.165, 1.54) is 0 Å². The van der Waals surface area contributed by atoms with Crippen molar-refractivity contribution in [2.24, 2.45) is 0 Å². The largest absolute Gasteiger partial charge is 0.494 e. The molecule has 1 N–H and O–H groups in total. The minimum atomic E-state index is -0.773. The first-order valence-electron chi connectivity index (χ1n) is 6.66. The lowest BCUT2D eigenvalue weighted by molar-refractivity contribution is 0.213. The van der Waals surface area contributed by atoms with Crippen LogP contribution in [-0.2, 0) is 0 Å². The molecular weight excluding hydrogens is 254 g/mol. The third-order valence-corrected chi connectivity index (χ3v) is 2.90. The Morgan fingerprint density at radius 2 is 1.90 bits per heavy atom. The SMILES string of the molecule is CCCOc1ccc(C(O)c2cccc(OC)n2)cc1. The van der Waals surface area contributed by atoms with Gasteiger partial charge in [-0.1, -0.05) is 25.1 Å². The molecule has 0 radical (unpaired) electrons. The van der Waals surface area contributed by atoms with Gasteiger partial charge in [-0.3, -0.25) is 0 Å². The van der Waals surface area contributed by atoms with Gasteiger partial charge in [-0.15, -0.1) is 0 Å². The molecule has 1 unspecified atom stereocenters. The Balaban J connectivity index is 2.13. The van der Waals surface area contributed by atoms with Crippen molar-refractivity contribution in [1.82, 2.24) is 4.98 Å². The summed E-state index contributed by atoms with van der Waals surface area (Å²) < 4.78 is 10.6. The molecule has 1 aromatic heterocycles. The zero-order valence-corrected chi connectivity index (χ0v) is 11.7. The Morgan fingerprint density at radius 3 is 2.55 bits per heavy atom. The lowest BCUT2D eigenvalue weighted by Gasteiger charge is -2.12. The Hall–Kier alpha value is -2.07. The normalized spacial score (nSPS) is 11.9. The summed E-state index contributed by atoms with van der Waals surface area (Å²) in [6.07, 6.45) is 0.197. The van der Waals surface area contributed by atoms with Crippen molar-refractivity contribution in [3.05, 3.63) is 53.7 Å². The summed E-state index contributed by atoms with van der Waals surface area (Å²) in [6, 6.07) is 12.7. The van der Waals surface area contributed by atoms with Crippen LogP contribution in [0, 0.1) is 0 Å². The van der Waals surface area contributed by atoms with E-state index in [1.54, 1.807) is 19.2 Å². The molecule has 4 heteroatoms. The summed E-state index contributed by atoms with van der Waals surface area (Å²) in [5.41, 5.74) is 1.33. The Bertz CT molecular complexity index is 540. The van der Waals surface area contributed by atoms with Gasteiger partial charge in [0.05, 0.1) is 19.4 Å². The van der Waals surface area contributed by atoms with Gasteiger partial charge in [-0.25, -0.2) is 4.98 Å². The lowest BCUT2D eigenvalue weighted by Crippen LogP contribution is -2.03. The lowest BCUT2D eigenvalue weighted by atomic mass is 10.1. The molecule has 0 saturated carbocycles. The first-order chi connectivity index (χ1) is 9.74. The van der Waals surface area contributed by atoms with E-state index in [9.17, 15) is 5.11 Å². The summed E-state index contributed by atoms with van der Waals surface area (Å²) in [5.74, 6) is 1.30. The van der Waals surface area contributed by atoms with Gasteiger partial charge in [0.15, 0.2) is 0 Å². The summed E-state index contributed by atoms with van der Waals surface area (Å²) in [5, 5.41) is 10.3. The fourth-order valence-electron chi connectivity index (χ4n) is 1.83. The fourth-order valence-corrected chi connectivity index (χ4v) is 1.83. The standard InChI is InChI=1S/C16H19NO3/c1-3-11-20-13-9-7-12(8-10-13)16(18)14-5-4-6-15(17-14)19-2/h4-10,16,18H,3,11H2,1-2H3. The molecule has 0 amide bonds. The van der Waals surface area contributed by atoms with E-state index in [-0.39, 0.29) is 0 Å². The average molecular weight is 273 g/mol. The zero-order valence-electron chi connectivity index (χ0n) is 11.7. The average Bonchev–Trinajstić information content (AvgIpc) is 2.52. The van der Waals surface area contributed by atoms with E-state index < -0.39 is 6.10 Å². The summed E-state index contributed by atoms with van der Waals surface area (Å²) >= 11 is 0. The van der Waals surface area contributed by atoms with E-state index in [2.05, 4.69) is 11.9 Å². The maximum atomic E-state index is 10.3. The number of hydrogen-bond donors (Lipinski definition) is 1. The second-order valence-corrected chi connectivity index (χ2v) is 4.42. The molecule has 20 heavy (non-hydrogen) atoms. The van der Waals surface area contributed by atoms with Crippen molar-refractivity contribution in [2.45, 2.75) is 19.4 Å². The second-order valence-electron chi connectivity index (χ2n) is 4.42. The molecule has 1 atom stereocenters. The van der Waals surface area contributed by atoms with Crippen molar-refractivity contribution >= 4 is 0 Å². The second kappa shape index (κ2) is 6.91. The van der Waals surface area contributed by atoms with Crippen molar-refractivity contribution in [3.8, 4) is 11.6 Å². The van der Waals surface area contributed by atoms with Crippen LogP contribution in [0.2, 0.25) is 0 Å². The van der Waals surface area contributed by atoms with Crippen LogP contribution < -0.4 is 9.47 Å². The van der Waals surface area contributed by atoms with Crippen LogP contribution in [0.25, 0.3) is 0 Å². The van der Waals surface area contributed by atoms with Crippen LogP contribution in [0.1, 0.15) is 30.7 Å². The zero-order chi connectivity index (χ0) is 14.4. The number of nitrogens with zero attached hydrogens (tertiary/aromatic N) is 1. The highest BCUT2D eigenvalue weighted by atomic mass is 16.5. The number of methoxy groups -OCH3 is 1. The predicted molar refractivity (Wildman–Crippen MR) is 77.1 cm³/mol. The molecule has 0 aliphatic carbocycles. The van der Waals surface area contributed by atoms with Crippen LogP contribution in [0.3, 0.4) is 0 Å². The van der Waals surface area contributed by atoms with Gasteiger partial charge >= 0.3 is 0 Å². The summed E-state index contributed by atoms with van der Waals surface area (Å²) in [6.45, 7) is 2.76. The number of aliphatic hydroxyl groups is 1. The molecule has 106 valence electrons. The Morgan fingerprint density at radius 1 is 1.15 bits per heavy atom. The molecular formula is C16H19NO3.